The molecule has 1 heterocycles. The van der Waals surface area contributed by atoms with Gasteiger partial charge in [-0.05, 0) is 30.9 Å². The first-order valence-corrected chi connectivity index (χ1v) is 5.71. The van der Waals surface area contributed by atoms with Crippen molar-refractivity contribution in [3.05, 3.63) is 28.4 Å². The molecule has 5 heteroatoms. The first-order chi connectivity index (χ1) is 8.15. The zero-order valence-corrected chi connectivity index (χ0v) is 10.1. The third-order valence-electron chi connectivity index (χ3n) is 2.70. The van der Waals surface area contributed by atoms with Crippen LogP contribution in [0, 0.1) is 10.8 Å². The molecule has 0 amide bonds. The summed E-state index contributed by atoms with van der Waals surface area (Å²) >= 11 is 0. The molecular formula is C12H17N3O2. The maximum atomic E-state index is 10.9. The first kappa shape index (κ1) is 13.2. The Kier molecular flexibility index (Phi) is 4.20. The molecule has 0 aromatic carbocycles. The molecule has 0 unspecified atom stereocenters. The molecule has 2 rings (SSSR count). The van der Waals surface area contributed by atoms with Gasteiger partial charge in [0, 0.05) is 5.69 Å². The lowest BCUT2D eigenvalue weighted by Crippen LogP contribution is -2.29. The standard InChI is InChI=1S/C10H11N3O2.C2H6/c11-5-13-8-3-1-2-6(8)4-7(9(13)12)10(14)15;1-2/h4-5,11-12H,1-3H2,(H,14,15);1-2H3. The monoisotopic (exact) mass is 235 g/mol. The van der Waals surface area contributed by atoms with Crippen LogP contribution in [0.3, 0.4) is 0 Å². The largest absolute Gasteiger partial charge is 0.478 e. The van der Waals surface area contributed by atoms with Gasteiger partial charge in [-0.15, -0.1) is 0 Å². The van der Waals surface area contributed by atoms with Crippen molar-refractivity contribution in [1.82, 2.24) is 4.57 Å². The van der Waals surface area contributed by atoms with Crippen molar-refractivity contribution in [2.24, 2.45) is 0 Å². The van der Waals surface area contributed by atoms with Crippen LogP contribution in [0.4, 0.5) is 0 Å². The Hall–Kier alpha value is -1.91. The molecule has 0 saturated carbocycles. The highest BCUT2D eigenvalue weighted by atomic mass is 16.4. The van der Waals surface area contributed by atoms with E-state index < -0.39 is 5.97 Å². The minimum absolute atomic E-state index is 0.0286. The molecule has 92 valence electrons. The second kappa shape index (κ2) is 5.43. The van der Waals surface area contributed by atoms with Crippen LogP contribution in [-0.2, 0) is 12.8 Å². The number of carboxylic acids is 1. The van der Waals surface area contributed by atoms with Crippen molar-refractivity contribution >= 4 is 12.3 Å². The van der Waals surface area contributed by atoms with Crippen LogP contribution in [0.2, 0.25) is 0 Å². The van der Waals surface area contributed by atoms with E-state index in [1.807, 2.05) is 13.8 Å². The highest BCUT2D eigenvalue weighted by molar-refractivity contribution is 5.87. The average molecular weight is 235 g/mol. The minimum Gasteiger partial charge on any atom is -0.478 e. The summed E-state index contributed by atoms with van der Waals surface area (Å²) < 4.78 is 1.35. The molecular weight excluding hydrogens is 218 g/mol. The highest BCUT2D eigenvalue weighted by Gasteiger charge is 2.19. The number of fused-ring (bicyclic) bond motifs is 1. The van der Waals surface area contributed by atoms with Crippen LogP contribution >= 0.6 is 0 Å². The second-order valence-corrected chi connectivity index (χ2v) is 3.54. The number of nitrogens with zero attached hydrogens (tertiary/aromatic N) is 1. The van der Waals surface area contributed by atoms with Gasteiger partial charge >= 0.3 is 5.97 Å². The number of rotatable bonds is 2. The third-order valence-corrected chi connectivity index (χ3v) is 2.70. The first-order valence-electron chi connectivity index (χ1n) is 5.71. The summed E-state index contributed by atoms with van der Waals surface area (Å²) in [5.41, 5.74) is 1.71. The van der Waals surface area contributed by atoms with E-state index in [9.17, 15) is 4.79 Å². The zero-order chi connectivity index (χ0) is 13.0. The predicted octanol–water partition coefficient (Wildman–Crippen LogP) is 1.64. The lowest BCUT2D eigenvalue weighted by molar-refractivity contribution is 0.0694. The van der Waals surface area contributed by atoms with Gasteiger partial charge in [0.05, 0.1) is 6.34 Å². The zero-order valence-electron chi connectivity index (χ0n) is 10.1. The van der Waals surface area contributed by atoms with E-state index in [0.29, 0.717) is 0 Å². The number of nitrogens with one attached hydrogen (secondary N) is 2. The van der Waals surface area contributed by atoms with Crippen LogP contribution in [0.5, 0.6) is 0 Å². The van der Waals surface area contributed by atoms with Gasteiger partial charge < -0.3 is 5.11 Å². The fourth-order valence-electron chi connectivity index (χ4n) is 1.99. The topological polar surface area (TPSA) is 89.9 Å². The maximum Gasteiger partial charge on any atom is 0.339 e. The van der Waals surface area contributed by atoms with Crippen molar-refractivity contribution in [2.45, 2.75) is 33.1 Å². The van der Waals surface area contributed by atoms with Crippen LogP contribution in [0.15, 0.2) is 6.07 Å². The van der Waals surface area contributed by atoms with Crippen LogP contribution in [-0.4, -0.2) is 22.0 Å². The quantitative estimate of drug-likeness (QED) is 0.537. The molecule has 0 aliphatic heterocycles. The van der Waals surface area contributed by atoms with Gasteiger partial charge in [0.15, 0.2) is 0 Å². The van der Waals surface area contributed by atoms with Gasteiger partial charge in [0.2, 0.25) is 0 Å². The smallest absolute Gasteiger partial charge is 0.339 e. The van der Waals surface area contributed by atoms with Crippen molar-refractivity contribution in [1.29, 1.82) is 10.8 Å². The van der Waals surface area contributed by atoms with E-state index in [4.69, 9.17) is 15.9 Å². The fourth-order valence-corrected chi connectivity index (χ4v) is 1.99. The molecule has 0 atom stereocenters. The van der Waals surface area contributed by atoms with Crippen molar-refractivity contribution < 1.29 is 9.90 Å². The summed E-state index contributed by atoms with van der Waals surface area (Å²) in [6.45, 7) is 4.00. The van der Waals surface area contributed by atoms with Gasteiger partial charge in [-0.3, -0.25) is 15.4 Å². The third kappa shape index (κ3) is 2.27. The summed E-state index contributed by atoms with van der Waals surface area (Å²) in [5.74, 6) is -1.11. The second-order valence-electron chi connectivity index (χ2n) is 3.54. The van der Waals surface area contributed by atoms with Gasteiger partial charge in [0.1, 0.15) is 11.1 Å². The molecule has 1 aromatic rings. The van der Waals surface area contributed by atoms with E-state index in [2.05, 4.69) is 0 Å². The normalized spacial score (nSPS) is 12.4. The predicted molar refractivity (Wildman–Crippen MR) is 64.8 cm³/mol. The number of hydrogen-bond acceptors (Lipinski definition) is 3. The molecule has 0 saturated heterocycles. The van der Waals surface area contributed by atoms with Crippen molar-refractivity contribution in [3.8, 4) is 0 Å². The molecule has 3 N–H and O–H groups in total. The number of hydrogen-bond donors (Lipinski definition) is 3. The Balaban J connectivity index is 0.000000686. The lowest BCUT2D eigenvalue weighted by Gasteiger charge is -2.09. The number of pyridine rings is 1. The van der Waals surface area contributed by atoms with E-state index in [1.165, 1.54) is 4.57 Å². The lowest BCUT2D eigenvalue weighted by atomic mass is 10.1. The van der Waals surface area contributed by atoms with Gasteiger partial charge in [0.25, 0.3) is 0 Å². The van der Waals surface area contributed by atoms with Gasteiger partial charge in [-0.2, -0.15) is 0 Å². The molecule has 0 bridgehead atoms. The number of carbonyl (C=O) groups is 1. The molecule has 1 aliphatic rings. The van der Waals surface area contributed by atoms with E-state index in [0.717, 1.165) is 36.9 Å². The average Bonchev–Trinajstić information content (AvgIpc) is 2.78. The highest BCUT2D eigenvalue weighted by Crippen LogP contribution is 2.20. The molecule has 17 heavy (non-hydrogen) atoms. The Morgan fingerprint density at radius 1 is 1.47 bits per heavy atom. The molecule has 1 aliphatic carbocycles. The summed E-state index contributed by atoms with van der Waals surface area (Å²) in [6, 6.07) is 1.56. The Labute approximate surface area is 99.7 Å². The van der Waals surface area contributed by atoms with Gasteiger partial charge in [-0.1, -0.05) is 13.8 Å². The van der Waals surface area contributed by atoms with Gasteiger partial charge in [-0.25, -0.2) is 4.79 Å². The maximum absolute atomic E-state index is 10.9. The Morgan fingerprint density at radius 2 is 2.12 bits per heavy atom. The summed E-state index contributed by atoms with van der Waals surface area (Å²) in [6.07, 6.45) is 3.63. The molecule has 0 fully saturated rings. The molecule has 1 aromatic heterocycles. The number of aryl methyl sites for hydroxylation is 1. The summed E-state index contributed by atoms with van der Waals surface area (Å²) in [5, 5.41) is 23.8. The van der Waals surface area contributed by atoms with E-state index in [-0.39, 0.29) is 11.1 Å². The van der Waals surface area contributed by atoms with Crippen LogP contribution in [0.25, 0.3) is 0 Å². The molecule has 0 radical (unpaired) electrons. The molecule has 0 spiro atoms. The minimum atomic E-state index is -1.11. The molecule has 5 nitrogen and oxygen atoms in total. The SMILES string of the molecule is CC.N=Cn1c2c(cc(C(=O)O)c1=N)CCC2. The summed E-state index contributed by atoms with van der Waals surface area (Å²) in [4.78, 5) is 10.9. The number of aromatic carboxylic acids is 1. The van der Waals surface area contributed by atoms with Crippen LogP contribution < -0.4 is 5.49 Å². The Morgan fingerprint density at radius 3 is 2.65 bits per heavy atom. The van der Waals surface area contributed by atoms with Crippen molar-refractivity contribution in [2.75, 3.05) is 0 Å². The van der Waals surface area contributed by atoms with E-state index in [1.54, 1.807) is 6.07 Å². The van der Waals surface area contributed by atoms with Crippen LogP contribution in [0.1, 0.15) is 41.9 Å². The number of carboxylic acid groups (broad SMARTS) is 1. The van der Waals surface area contributed by atoms with E-state index >= 15 is 0 Å². The van der Waals surface area contributed by atoms with Crippen molar-refractivity contribution in [3.63, 3.8) is 0 Å². The fraction of sp³-hybridized carbons (Fsp3) is 0.417. The summed E-state index contributed by atoms with van der Waals surface area (Å²) in [7, 11) is 0. The number of aromatic nitrogens is 1. The Bertz CT molecular complexity index is 503.